The molecule has 0 N–H and O–H groups in total. The first-order valence-electron chi connectivity index (χ1n) is 6.44. The first kappa shape index (κ1) is 15.7. The van der Waals surface area contributed by atoms with Crippen LogP contribution in [0.1, 0.15) is 15.9 Å². The maximum atomic E-state index is 13.1. The Bertz CT molecular complexity index is 702. The molecule has 0 spiro atoms. The molecule has 22 heavy (non-hydrogen) atoms. The van der Waals surface area contributed by atoms with Gasteiger partial charge < -0.3 is 9.47 Å². The van der Waals surface area contributed by atoms with Crippen molar-refractivity contribution in [3.63, 3.8) is 0 Å². The molecule has 0 saturated carbocycles. The lowest BCUT2D eigenvalue weighted by Gasteiger charge is -2.06. The first-order valence-corrected chi connectivity index (χ1v) is 6.44. The molecule has 0 bridgehead atoms. The predicted molar refractivity (Wildman–Crippen MR) is 79.3 cm³/mol. The Labute approximate surface area is 126 Å². The molecule has 0 aromatic heterocycles. The third-order valence-corrected chi connectivity index (χ3v) is 3.01. The van der Waals surface area contributed by atoms with Crippen LogP contribution in [-0.2, 0) is 0 Å². The van der Waals surface area contributed by atoms with E-state index in [0.717, 1.165) is 12.1 Å². The molecule has 0 fully saturated rings. The fraction of sp³-hybridized carbons (Fsp3) is 0.118. The van der Waals surface area contributed by atoms with E-state index < -0.39 is 11.6 Å². The second-order valence-corrected chi connectivity index (χ2v) is 4.47. The van der Waals surface area contributed by atoms with Crippen molar-refractivity contribution < 1.29 is 23.0 Å². The maximum absolute atomic E-state index is 13.1. The number of methoxy groups -OCH3 is 2. The second kappa shape index (κ2) is 6.85. The average molecular weight is 304 g/mol. The molecule has 2 aromatic rings. The summed E-state index contributed by atoms with van der Waals surface area (Å²) in [6.45, 7) is 0. The van der Waals surface area contributed by atoms with E-state index >= 15 is 0 Å². The van der Waals surface area contributed by atoms with Crippen LogP contribution in [0.5, 0.6) is 11.5 Å². The van der Waals surface area contributed by atoms with Gasteiger partial charge in [-0.05, 0) is 35.9 Å². The van der Waals surface area contributed by atoms with Crippen molar-refractivity contribution in [3.8, 4) is 11.5 Å². The molecule has 2 aromatic carbocycles. The maximum Gasteiger partial charge on any atom is 0.186 e. The molecule has 0 aliphatic heterocycles. The van der Waals surface area contributed by atoms with Crippen LogP contribution < -0.4 is 9.47 Å². The second-order valence-electron chi connectivity index (χ2n) is 4.47. The van der Waals surface area contributed by atoms with Crippen LogP contribution in [0.2, 0.25) is 0 Å². The lowest BCUT2D eigenvalue weighted by atomic mass is 10.1. The van der Waals surface area contributed by atoms with Gasteiger partial charge in [0.1, 0.15) is 11.5 Å². The van der Waals surface area contributed by atoms with Gasteiger partial charge in [-0.15, -0.1) is 0 Å². The Morgan fingerprint density at radius 3 is 2.14 bits per heavy atom. The Hall–Kier alpha value is -2.69. The zero-order valence-corrected chi connectivity index (χ0v) is 12.1. The summed E-state index contributed by atoms with van der Waals surface area (Å²) in [5, 5.41) is 0. The molecule has 0 aliphatic rings. The zero-order valence-electron chi connectivity index (χ0n) is 12.1. The summed E-state index contributed by atoms with van der Waals surface area (Å²) in [7, 11) is 2.97. The summed E-state index contributed by atoms with van der Waals surface area (Å²) in [4.78, 5) is 12.1. The third kappa shape index (κ3) is 3.69. The molecule has 114 valence electrons. The summed E-state index contributed by atoms with van der Waals surface area (Å²) >= 11 is 0. The number of hydrogen-bond acceptors (Lipinski definition) is 3. The van der Waals surface area contributed by atoms with Crippen molar-refractivity contribution in [3.05, 3.63) is 65.2 Å². The van der Waals surface area contributed by atoms with Gasteiger partial charge in [-0.3, -0.25) is 4.79 Å². The fourth-order valence-electron chi connectivity index (χ4n) is 1.83. The highest BCUT2D eigenvalue weighted by molar-refractivity contribution is 6.07. The number of halogens is 2. The highest BCUT2D eigenvalue weighted by Crippen LogP contribution is 2.23. The Morgan fingerprint density at radius 2 is 1.59 bits per heavy atom. The highest BCUT2D eigenvalue weighted by atomic mass is 19.2. The van der Waals surface area contributed by atoms with Crippen molar-refractivity contribution in [1.82, 2.24) is 0 Å². The van der Waals surface area contributed by atoms with Crippen LogP contribution >= 0.6 is 0 Å². The van der Waals surface area contributed by atoms with Crippen LogP contribution in [0.15, 0.2) is 42.5 Å². The van der Waals surface area contributed by atoms with Crippen LogP contribution in [0.25, 0.3) is 6.08 Å². The lowest BCUT2D eigenvalue weighted by molar-refractivity contribution is 0.104. The number of ether oxygens (including phenoxy) is 2. The van der Waals surface area contributed by atoms with Gasteiger partial charge in [-0.25, -0.2) is 8.78 Å². The largest absolute Gasteiger partial charge is 0.497 e. The van der Waals surface area contributed by atoms with E-state index in [4.69, 9.17) is 9.47 Å². The van der Waals surface area contributed by atoms with Gasteiger partial charge in [0.15, 0.2) is 17.4 Å². The van der Waals surface area contributed by atoms with Crippen molar-refractivity contribution in [2.24, 2.45) is 0 Å². The van der Waals surface area contributed by atoms with E-state index in [-0.39, 0.29) is 5.78 Å². The molecule has 0 aliphatic carbocycles. The molecule has 0 amide bonds. The molecular formula is C17H14F2O3. The predicted octanol–water partition coefficient (Wildman–Crippen LogP) is 3.88. The standard InChI is InChI=1S/C17H14F2O3/c1-21-13-8-12(9-14(10-13)22-2)17(20)6-4-11-3-5-15(18)16(19)7-11/h3-10H,1-2H3/b6-4+. The molecule has 2 rings (SSSR count). The van der Waals surface area contributed by atoms with E-state index in [9.17, 15) is 13.6 Å². The Balaban J connectivity index is 2.24. The minimum Gasteiger partial charge on any atom is -0.497 e. The highest BCUT2D eigenvalue weighted by Gasteiger charge is 2.07. The summed E-state index contributed by atoms with van der Waals surface area (Å²) in [6, 6.07) is 8.20. The van der Waals surface area contributed by atoms with E-state index in [2.05, 4.69) is 0 Å². The third-order valence-electron chi connectivity index (χ3n) is 3.01. The monoisotopic (exact) mass is 304 g/mol. The molecule has 3 nitrogen and oxygen atoms in total. The lowest BCUT2D eigenvalue weighted by Crippen LogP contribution is -1.97. The van der Waals surface area contributed by atoms with Crippen LogP contribution in [0.3, 0.4) is 0 Å². The van der Waals surface area contributed by atoms with Crippen LogP contribution in [-0.4, -0.2) is 20.0 Å². The topological polar surface area (TPSA) is 35.5 Å². The molecule has 0 radical (unpaired) electrons. The van der Waals surface area contributed by atoms with Gasteiger partial charge in [-0.2, -0.15) is 0 Å². The zero-order chi connectivity index (χ0) is 16.1. The number of carbonyl (C=O) groups excluding carboxylic acids is 1. The first-order chi connectivity index (χ1) is 10.5. The van der Waals surface area contributed by atoms with Crippen LogP contribution in [0.4, 0.5) is 8.78 Å². The molecular weight excluding hydrogens is 290 g/mol. The number of benzene rings is 2. The van der Waals surface area contributed by atoms with Crippen molar-refractivity contribution in [1.29, 1.82) is 0 Å². The van der Waals surface area contributed by atoms with Crippen molar-refractivity contribution >= 4 is 11.9 Å². The quantitative estimate of drug-likeness (QED) is 0.621. The molecule has 0 unspecified atom stereocenters. The van der Waals surface area contributed by atoms with E-state index in [1.54, 1.807) is 18.2 Å². The van der Waals surface area contributed by atoms with E-state index in [1.165, 1.54) is 32.4 Å². The number of hydrogen-bond donors (Lipinski definition) is 0. The average Bonchev–Trinajstić information content (AvgIpc) is 2.55. The summed E-state index contributed by atoms with van der Waals surface area (Å²) in [5.41, 5.74) is 0.761. The van der Waals surface area contributed by atoms with Gasteiger partial charge >= 0.3 is 0 Å². The summed E-state index contributed by atoms with van der Waals surface area (Å²) in [5.74, 6) is -1.21. The number of rotatable bonds is 5. The van der Waals surface area contributed by atoms with Crippen molar-refractivity contribution in [2.75, 3.05) is 14.2 Å². The Kier molecular flexibility index (Phi) is 4.88. The normalized spacial score (nSPS) is 10.7. The number of allylic oxidation sites excluding steroid dienone is 1. The number of ketones is 1. The van der Waals surface area contributed by atoms with Gasteiger partial charge in [-0.1, -0.05) is 12.1 Å². The van der Waals surface area contributed by atoms with E-state index in [1.807, 2.05) is 0 Å². The fourth-order valence-corrected chi connectivity index (χ4v) is 1.83. The van der Waals surface area contributed by atoms with Crippen LogP contribution in [0, 0.1) is 11.6 Å². The van der Waals surface area contributed by atoms with E-state index in [0.29, 0.717) is 22.6 Å². The van der Waals surface area contributed by atoms with Gasteiger partial charge in [0.05, 0.1) is 14.2 Å². The molecule has 0 saturated heterocycles. The minimum atomic E-state index is -0.961. The smallest absolute Gasteiger partial charge is 0.186 e. The summed E-state index contributed by atoms with van der Waals surface area (Å²) in [6.07, 6.45) is 2.69. The SMILES string of the molecule is COc1cc(OC)cc(C(=O)/C=C/c2ccc(F)c(F)c2)c1. The molecule has 0 heterocycles. The molecule has 0 atom stereocenters. The Morgan fingerprint density at radius 1 is 0.955 bits per heavy atom. The minimum absolute atomic E-state index is 0.304. The summed E-state index contributed by atoms with van der Waals surface area (Å²) < 4.78 is 36.1. The van der Waals surface area contributed by atoms with Gasteiger partial charge in [0.25, 0.3) is 0 Å². The van der Waals surface area contributed by atoms with Gasteiger partial charge in [0.2, 0.25) is 0 Å². The van der Waals surface area contributed by atoms with Crippen molar-refractivity contribution in [2.45, 2.75) is 0 Å². The molecule has 5 heteroatoms. The van der Waals surface area contributed by atoms with Gasteiger partial charge in [0, 0.05) is 11.6 Å². The number of carbonyl (C=O) groups is 1.